The Hall–Kier alpha value is -4.29. The number of H-pyrrole nitrogens is 1. The SMILES string of the molecule is O=C(c1csc(CN(Cc2ccc(F)cc2)Cc2cccc(C(F)(F)F)c2)n1)N1CCC(n2c(=O)[nH]c3ccccc32)CC1. The highest BCUT2D eigenvalue weighted by atomic mass is 32.1. The number of hydrogen-bond acceptors (Lipinski definition) is 5. The molecular weight excluding hydrogens is 594 g/mol. The van der Waals surface area contributed by atoms with Crippen LogP contribution in [0.5, 0.6) is 0 Å². The van der Waals surface area contributed by atoms with Crippen LogP contribution in [0.3, 0.4) is 0 Å². The van der Waals surface area contributed by atoms with Gasteiger partial charge in [-0.05, 0) is 54.3 Å². The number of thiazole rings is 1. The number of para-hydroxylation sites is 2. The zero-order valence-electron chi connectivity index (χ0n) is 23.6. The number of rotatable bonds is 8. The molecule has 1 amide bonds. The molecule has 0 spiro atoms. The van der Waals surface area contributed by atoms with Crippen molar-refractivity contribution in [2.75, 3.05) is 13.1 Å². The van der Waals surface area contributed by atoms with E-state index in [9.17, 15) is 27.2 Å². The summed E-state index contributed by atoms with van der Waals surface area (Å²) in [5, 5.41) is 2.34. The molecular formula is C32H29F4N5O2S. The van der Waals surface area contributed by atoms with Gasteiger partial charge in [0.15, 0.2) is 0 Å². The summed E-state index contributed by atoms with van der Waals surface area (Å²) in [6.45, 7) is 1.80. The molecule has 1 saturated heterocycles. The van der Waals surface area contributed by atoms with E-state index in [1.807, 2.05) is 29.2 Å². The van der Waals surface area contributed by atoms with Gasteiger partial charge in [-0.15, -0.1) is 11.3 Å². The van der Waals surface area contributed by atoms with Gasteiger partial charge in [0.1, 0.15) is 16.5 Å². The summed E-state index contributed by atoms with van der Waals surface area (Å²) < 4.78 is 55.3. The summed E-state index contributed by atoms with van der Waals surface area (Å²) in [7, 11) is 0. The van der Waals surface area contributed by atoms with Crippen molar-refractivity contribution < 1.29 is 22.4 Å². The second-order valence-corrected chi connectivity index (χ2v) is 11.9. The molecule has 228 valence electrons. The molecule has 2 aromatic heterocycles. The lowest BCUT2D eigenvalue weighted by molar-refractivity contribution is -0.137. The van der Waals surface area contributed by atoms with Crippen LogP contribution in [0.1, 0.15) is 51.1 Å². The maximum absolute atomic E-state index is 13.5. The lowest BCUT2D eigenvalue weighted by Crippen LogP contribution is -2.40. The van der Waals surface area contributed by atoms with E-state index >= 15 is 0 Å². The number of carbonyl (C=O) groups excluding carboxylic acids is 1. The van der Waals surface area contributed by atoms with E-state index in [1.54, 1.807) is 33.0 Å². The van der Waals surface area contributed by atoms with Gasteiger partial charge in [0.2, 0.25) is 0 Å². The fourth-order valence-electron chi connectivity index (χ4n) is 5.72. The summed E-state index contributed by atoms with van der Waals surface area (Å²) >= 11 is 1.31. The molecule has 3 heterocycles. The quantitative estimate of drug-likeness (QED) is 0.197. The highest BCUT2D eigenvalue weighted by Crippen LogP contribution is 2.30. The van der Waals surface area contributed by atoms with E-state index in [4.69, 9.17) is 0 Å². The first-order valence-electron chi connectivity index (χ1n) is 14.2. The van der Waals surface area contributed by atoms with Gasteiger partial charge in [-0.3, -0.25) is 14.3 Å². The molecule has 0 bridgehead atoms. The molecule has 44 heavy (non-hydrogen) atoms. The zero-order chi connectivity index (χ0) is 30.8. The van der Waals surface area contributed by atoms with Crippen molar-refractivity contribution in [3.05, 3.63) is 122 Å². The third-order valence-electron chi connectivity index (χ3n) is 7.85. The van der Waals surface area contributed by atoms with E-state index < -0.39 is 11.7 Å². The Morgan fingerprint density at radius 1 is 0.955 bits per heavy atom. The first-order valence-corrected chi connectivity index (χ1v) is 15.1. The molecule has 1 aliphatic heterocycles. The Morgan fingerprint density at radius 3 is 2.43 bits per heavy atom. The van der Waals surface area contributed by atoms with Gasteiger partial charge >= 0.3 is 11.9 Å². The predicted molar refractivity (Wildman–Crippen MR) is 160 cm³/mol. The van der Waals surface area contributed by atoms with Gasteiger partial charge in [0, 0.05) is 37.6 Å². The number of nitrogens with one attached hydrogen (secondary N) is 1. The predicted octanol–water partition coefficient (Wildman–Crippen LogP) is 6.62. The van der Waals surface area contributed by atoms with Crippen LogP contribution in [0.25, 0.3) is 11.0 Å². The fourth-order valence-corrected chi connectivity index (χ4v) is 6.53. The van der Waals surface area contributed by atoms with Crippen molar-refractivity contribution in [3.8, 4) is 0 Å². The zero-order valence-corrected chi connectivity index (χ0v) is 24.4. The number of aromatic nitrogens is 3. The second kappa shape index (κ2) is 12.4. The molecule has 1 fully saturated rings. The monoisotopic (exact) mass is 623 g/mol. The van der Waals surface area contributed by atoms with Gasteiger partial charge < -0.3 is 9.88 Å². The summed E-state index contributed by atoms with van der Waals surface area (Å²) in [6.07, 6.45) is -3.19. The summed E-state index contributed by atoms with van der Waals surface area (Å²) in [5.74, 6) is -0.570. The molecule has 0 atom stereocenters. The van der Waals surface area contributed by atoms with E-state index in [0.717, 1.165) is 28.7 Å². The number of piperidine rings is 1. The highest BCUT2D eigenvalue weighted by Gasteiger charge is 2.31. The molecule has 0 unspecified atom stereocenters. The Morgan fingerprint density at radius 2 is 1.68 bits per heavy atom. The number of nitrogens with zero attached hydrogens (tertiary/aromatic N) is 4. The van der Waals surface area contributed by atoms with Crippen LogP contribution in [0.2, 0.25) is 0 Å². The topological polar surface area (TPSA) is 74.2 Å². The average Bonchev–Trinajstić information content (AvgIpc) is 3.61. The molecule has 0 saturated carbocycles. The standard InChI is InChI=1S/C32H29F4N5O2S/c33-24-10-8-21(9-11-24)17-39(18-22-4-3-5-23(16-22)32(34,35)36)19-29-37-27(20-44-29)30(42)40-14-12-25(13-15-40)41-28-7-2-1-6-26(28)38-31(41)43/h1-11,16,20,25H,12-15,17-19H2,(H,38,43). The molecule has 5 aromatic rings. The summed E-state index contributed by atoms with van der Waals surface area (Å²) in [6, 6.07) is 18.7. The van der Waals surface area contributed by atoms with Crippen LogP contribution in [0, 0.1) is 5.82 Å². The van der Waals surface area contributed by atoms with Crippen LogP contribution in [0.15, 0.2) is 83.0 Å². The lowest BCUT2D eigenvalue weighted by atomic mass is 10.0. The van der Waals surface area contributed by atoms with Crippen LogP contribution in [-0.4, -0.2) is 43.3 Å². The molecule has 3 aromatic carbocycles. The number of carbonyl (C=O) groups is 1. The Balaban J connectivity index is 1.14. The number of imidazole rings is 1. The molecule has 1 aliphatic rings. The Bertz CT molecular complexity index is 1820. The van der Waals surface area contributed by atoms with Gasteiger partial charge in [-0.2, -0.15) is 13.2 Å². The van der Waals surface area contributed by atoms with Gasteiger partial charge in [-0.25, -0.2) is 14.2 Å². The first kappa shape index (κ1) is 29.8. The van der Waals surface area contributed by atoms with Gasteiger partial charge in [0.05, 0.1) is 23.1 Å². The number of alkyl halides is 3. The maximum atomic E-state index is 13.5. The van der Waals surface area contributed by atoms with E-state index in [-0.39, 0.29) is 36.5 Å². The molecule has 12 heteroatoms. The second-order valence-electron chi connectivity index (χ2n) is 10.9. The van der Waals surface area contributed by atoms with Crippen LogP contribution < -0.4 is 5.69 Å². The number of aromatic amines is 1. The van der Waals surface area contributed by atoms with Crippen molar-refractivity contribution >= 4 is 28.3 Å². The largest absolute Gasteiger partial charge is 0.416 e. The van der Waals surface area contributed by atoms with Crippen LogP contribution in [-0.2, 0) is 25.8 Å². The smallest absolute Gasteiger partial charge is 0.337 e. The van der Waals surface area contributed by atoms with E-state index in [0.29, 0.717) is 48.7 Å². The fraction of sp³-hybridized carbons (Fsp3) is 0.281. The van der Waals surface area contributed by atoms with Gasteiger partial charge in [-0.1, -0.05) is 42.5 Å². The average molecular weight is 624 g/mol. The van der Waals surface area contributed by atoms with Crippen molar-refractivity contribution in [2.24, 2.45) is 0 Å². The lowest BCUT2D eigenvalue weighted by Gasteiger charge is -2.32. The Labute approximate surface area is 254 Å². The Kier molecular flexibility index (Phi) is 8.37. The third-order valence-corrected chi connectivity index (χ3v) is 8.68. The summed E-state index contributed by atoms with van der Waals surface area (Å²) in [4.78, 5) is 37.1. The minimum Gasteiger partial charge on any atom is -0.337 e. The number of halogens is 4. The van der Waals surface area contributed by atoms with Crippen molar-refractivity contribution in [1.29, 1.82) is 0 Å². The number of fused-ring (bicyclic) bond motifs is 1. The van der Waals surface area contributed by atoms with E-state index in [2.05, 4.69) is 9.97 Å². The maximum Gasteiger partial charge on any atom is 0.416 e. The van der Waals surface area contributed by atoms with Crippen molar-refractivity contribution in [1.82, 2.24) is 24.3 Å². The number of amides is 1. The van der Waals surface area contributed by atoms with Crippen LogP contribution >= 0.6 is 11.3 Å². The molecule has 0 radical (unpaired) electrons. The first-order chi connectivity index (χ1) is 21.1. The molecule has 1 N–H and O–H groups in total. The number of likely N-dealkylation sites (tertiary alicyclic amines) is 1. The molecule has 6 rings (SSSR count). The van der Waals surface area contributed by atoms with Gasteiger partial charge in [0.25, 0.3) is 5.91 Å². The molecule has 0 aliphatic carbocycles. The summed E-state index contributed by atoms with van der Waals surface area (Å²) in [5.41, 5.74) is 2.34. The van der Waals surface area contributed by atoms with E-state index in [1.165, 1.54) is 29.5 Å². The van der Waals surface area contributed by atoms with Crippen LogP contribution in [0.4, 0.5) is 17.6 Å². The minimum absolute atomic E-state index is 0.0236. The minimum atomic E-state index is -4.46. The third kappa shape index (κ3) is 6.61. The van der Waals surface area contributed by atoms with Crippen molar-refractivity contribution in [3.63, 3.8) is 0 Å². The van der Waals surface area contributed by atoms with Crippen molar-refractivity contribution in [2.45, 2.75) is 44.7 Å². The normalized spacial score (nSPS) is 14.5. The number of hydrogen-bond donors (Lipinski definition) is 1. The number of benzene rings is 3. The molecule has 7 nitrogen and oxygen atoms in total. The highest BCUT2D eigenvalue weighted by molar-refractivity contribution is 7.09.